The van der Waals surface area contributed by atoms with Gasteiger partial charge in [-0.25, -0.2) is 0 Å². The van der Waals surface area contributed by atoms with E-state index in [4.69, 9.17) is 11.6 Å². The number of para-hydroxylation sites is 1. The summed E-state index contributed by atoms with van der Waals surface area (Å²) in [6.45, 7) is 0.614. The summed E-state index contributed by atoms with van der Waals surface area (Å²) < 4.78 is 0. The van der Waals surface area contributed by atoms with Gasteiger partial charge in [-0.2, -0.15) is 0 Å². The summed E-state index contributed by atoms with van der Waals surface area (Å²) in [5.41, 5.74) is 1.05. The van der Waals surface area contributed by atoms with Crippen LogP contribution in [0, 0.1) is 10.1 Å². The number of hydrogen-bond acceptors (Lipinski definition) is 4. The fourth-order valence-electron chi connectivity index (χ4n) is 1.80. The predicted octanol–water partition coefficient (Wildman–Crippen LogP) is 4.12. The van der Waals surface area contributed by atoms with Gasteiger partial charge in [-0.3, -0.25) is 10.1 Å². The molecule has 20 heavy (non-hydrogen) atoms. The van der Waals surface area contributed by atoms with Crippen LogP contribution in [0.5, 0.6) is 0 Å². The van der Waals surface area contributed by atoms with E-state index in [2.05, 4.69) is 5.32 Å². The topological polar surface area (TPSA) is 55.2 Å². The van der Waals surface area contributed by atoms with Gasteiger partial charge in [0.25, 0.3) is 5.69 Å². The number of nitrogens with one attached hydrogen (secondary N) is 1. The van der Waals surface area contributed by atoms with Crippen LogP contribution in [0.25, 0.3) is 0 Å². The third kappa shape index (κ3) is 3.30. The molecule has 6 heteroatoms. The molecule has 0 aliphatic carbocycles. The van der Waals surface area contributed by atoms with Crippen LogP contribution < -0.4 is 5.32 Å². The number of halogens is 1. The molecule has 0 aromatic heterocycles. The average molecular weight is 309 g/mol. The minimum atomic E-state index is -0.370. The number of nitrogens with zero attached hydrogens (tertiary/aromatic N) is 1. The lowest BCUT2D eigenvalue weighted by molar-refractivity contribution is -0.387. The highest BCUT2D eigenvalue weighted by atomic mass is 35.5. The molecule has 0 spiro atoms. The summed E-state index contributed by atoms with van der Waals surface area (Å²) in [4.78, 5) is 12.2. The van der Waals surface area contributed by atoms with Crippen LogP contribution in [0.2, 0.25) is 5.02 Å². The van der Waals surface area contributed by atoms with Crippen LogP contribution in [-0.2, 0) is 6.54 Å². The molecule has 0 aliphatic heterocycles. The summed E-state index contributed by atoms with van der Waals surface area (Å²) in [6.07, 6.45) is 0. The van der Waals surface area contributed by atoms with Crippen molar-refractivity contribution in [2.75, 3.05) is 7.05 Å². The zero-order chi connectivity index (χ0) is 14.5. The van der Waals surface area contributed by atoms with Gasteiger partial charge in [-0.1, -0.05) is 41.6 Å². The van der Waals surface area contributed by atoms with Crippen molar-refractivity contribution >= 4 is 29.1 Å². The molecule has 0 heterocycles. The van der Waals surface area contributed by atoms with E-state index in [0.29, 0.717) is 16.5 Å². The summed E-state index contributed by atoms with van der Waals surface area (Å²) >= 11 is 7.55. The minimum absolute atomic E-state index is 0.105. The average Bonchev–Trinajstić information content (AvgIpc) is 2.43. The third-order valence-corrected chi connectivity index (χ3v) is 4.23. The molecule has 0 amide bonds. The van der Waals surface area contributed by atoms with Crippen molar-refractivity contribution < 1.29 is 4.92 Å². The van der Waals surface area contributed by atoms with Crippen molar-refractivity contribution in [1.82, 2.24) is 5.32 Å². The normalized spacial score (nSPS) is 10.5. The number of benzene rings is 2. The van der Waals surface area contributed by atoms with Crippen molar-refractivity contribution in [2.45, 2.75) is 16.3 Å². The molecule has 4 nitrogen and oxygen atoms in total. The Morgan fingerprint density at radius 2 is 1.90 bits per heavy atom. The highest BCUT2D eigenvalue weighted by molar-refractivity contribution is 7.99. The minimum Gasteiger partial charge on any atom is -0.316 e. The predicted molar refractivity (Wildman–Crippen MR) is 81.4 cm³/mol. The van der Waals surface area contributed by atoms with Gasteiger partial charge < -0.3 is 5.32 Å². The lowest BCUT2D eigenvalue weighted by Crippen LogP contribution is -2.06. The zero-order valence-electron chi connectivity index (χ0n) is 10.8. The van der Waals surface area contributed by atoms with E-state index in [-0.39, 0.29) is 10.6 Å². The zero-order valence-corrected chi connectivity index (χ0v) is 12.4. The number of rotatable bonds is 5. The van der Waals surface area contributed by atoms with E-state index >= 15 is 0 Å². The SMILES string of the molecule is CNCc1c(Cl)cccc1Sc1ccccc1[N+](=O)[O-]. The van der Waals surface area contributed by atoms with Gasteiger partial charge in [0.05, 0.1) is 9.82 Å². The molecular formula is C14H13ClN2O2S. The smallest absolute Gasteiger partial charge is 0.283 e. The van der Waals surface area contributed by atoms with Crippen LogP contribution in [-0.4, -0.2) is 12.0 Å². The lowest BCUT2D eigenvalue weighted by atomic mass is 10.2. The molecule has 2 aromatic carbocycles. The van der Waals surface area contributed by atoms with Crippen LogP contribution in [0.1, 0.15) is 5.56 Å². The van der Waals surface area contributed by atoms with Crippen molar-refractivity contribution in [3.05, 3.63) is 63.2 Å². The van der Waals surface area contributed by atoms with Crippen molar-refractivity contribution in [2.24, 2.45) is 0 Å². The van der Waals surface area contributed by atoms with Crippen LogP contribution in [0.3, 0.4) is 0 Å². The van der Waals surface area contributed by atoms with Gasteiger partial charge in [-0.15, -0.1) is 0 Å². The molecular weight excluding hydrogens is 296 g/mol. The molecule has 2 aromatic rings. The van der Waals surface area contributed by atoms with Gasteiger partial charge in [-0.05, 0) is 30.8 Å². The molecule has 0 radical (unpaired) electrons. The Kier molecular flexibility index (Phi) is 5.00. The summed E-state index contributed by atoms with van der Waals surface area (Å²) in [5.74, 6) is 0. The van der Waals surface area contributed by atoms with E-state index in [9.17, 15) is 10.1 Å². The van der Waals surface area contributed by atoms with Gasteiger partial charge >= 0.3 is 0 Å². The molecule has 0 atom stereocenters. The molecule has 2 rings (SSSR count). The molecule has 0 aliphatic rings. The fraction of sp³-hybridized carbons (Fsp3) is 0.143. The second-order valence-electron chi connectivity index (χ2n) is 4.07. The summed E-state index contributed by atoms with van der Waals surface area (Å²) in [7, 11) is 1.84. The quantitative estimate of drug-likeness (QED) is 0.667. The Balaban J connectivity index is 2.40. The Morgan fingerprint density at radius 1 is 1.20 bits per heavy atom. The maximum Gasteiger partial charge on any atom is 0.283 e. The summed E-state index contributed by atoms with van der Waals surface area (Å²) in [5, 5.41) is 14.8. The number of nitro benzene ring substituents is 1. The number of nitro groups is 1. The van der Waals surface area contributed by atoms with Crippen LogP contribution >= 0.6 is 23.4 Å². The first-order valence-corrected chi connectivity index (χ1v) is 7.16. The second-order valence-corrected chi connectivity index (χ2v) is 5.56. The molecule has 0 saturated carbocycles. The Bertz CT molecular complexity index is 634. The maximum absolute atomic E-state index is 11.0. The molecule has 0 bridgehead atoms. The molecule has 0 unspecified atom stereocenters. The van der Waals surface area contributed by atoms with Crippen LogP contribution in [0.15, 0.2) is 52.3 Å². The first-order chi connectivity index (χ1) is 9.63. The second kappa shape index (κ2) is 6.74. The van der Waals surface area contributed by atoms with E-state index in [1.54, 1.807) is 18.2 Å². The molecule has 1 N–H and O–H groups in total. The first-order valence-electron chi connectivity index (χ1n) is 5.96. The Labute approximate surface area is 126 Å². The monoisotopic (exact) mass is 308 g/mol. The summed E-state index contributed by atoms with van der Waals surface area (Å²) in [6, 6.07) is 12.3. The Morgan fingerprint density at radius 3 is 2.60 bits per heavy atom. The lowest BCUT2D eigenvalue weighted by Gasteiger charge is -2.10. The highest BCUT2D eigenvalue weighted by Crippen LogP contribution is 2.38. The molecule has 0 fully saturated rings. The van der Waals surface area contributed by atoms with E-state index in [0.717, 1.165) is 10.5 Å². The van der Waals surface area contributed by atoms with Gasteiger partial charge in [0.15, 0.2) is 0 Å². The van der Waals surface area contributed by atoms with E-state index in [1.165, 1.54) is 17.8 Å². The largest absolute Gasteiger partial charge is 0.316 e. The fourth-order valence-corrected chi connectivity index (χ4v) is 3.18. The standard InChI is InChI=1S/C14H13ClN2O2S/c1-16-9-10-11(15)5-4-8-13(10)20-14-7-3-2-6-12(14)17(18)19/h2-8,16H,9H2,1H3. The van der Waals surface area contributed by atoms with Crippen LogP contribution in [0.4, 0.5) is 5.69 Å². The van der Waals surface area contributed by atoms with Gasteiger partial charge in [0.1, 0.15) is 0 Å². The van der Waals surface area contributed by atoms with E-state index < -0.39 is 0 Å². The van der Waals surface area contributed by atoms with Crippen molar-refractivity contribution in [3.63, 3.8) is 0 Å². The highest BCUT2D eigenvalue weighted by Gasteiger charge is 2.15. The van der Waals surface area contributed by atoms with Gasteiger partial charge in [0.2, 0.25) is 0 Å². The van der Waals surface area contributed by atoms with E-state index in [1.807, 2.05) is 25.2 Å². The van der Waals surface area contributed by atoms with Crippen molar-refractivity contribution in [3.8, 4) is 0 Å². The van der Waals surface area contributed by atoms with Gasteiger partial charge in [0, 0.05) is 22.5 Å². The third-order valence-electron chi connectivity index (χ3n) is 2.71. The molecule has 0 saturated heterocycles. The number of hydrogen-bond donors (Lipinski definition) is 1. The maximum atomic E-state index is 11.0. The Hall–Kier alpha value is -1.56. The van der Waals surface area contributed by atoms with Crippen molar-refractivity contribution in [1.29, 1.82) is 0 Å². The molecule has 104 valence electrons. The first kappa shape index (κ1) is 14.8.